The van der Waals surface area contributed by atoms with Gasteiger partial charge in [0.1, 0.15) is 12.9 Å². The van der Waals surface area contributed by atoms with Crippen LogP contribution in [0.15, 0.2) is 89.8 Å². The second-order valence-electron chi connectivity index (χ2n) is 12.7. The van der Waals surface area contributed by atoms with Crippen LogP contribution in [0.25, 0.3) is 0 Å². The maximum Gasteiger partial charge on any atom is 0.261 e. The lowest BCUT2D eigenvalue weighted by Crippen LogP contribution is -2.67. The lowest BCUT2D eigenvalue weighted by molar-refractivity contribution is -0.142. The van der Waals surface area contributed by atoms with Crippen molar-refractivity contribution in [2.45, 2.75) is 88.9 Å². The van der Waals surface area contributed by atoms with E-state index in [-0.39, 0.29) is 29.5 Å². The second-order valence-corrected chi connectivity index (χ2v) is 18.4. The number of carbonyl (C=O) groups is 1. The molecule has 0 aliphatic heterocycles. The average Bonchev–Trinajstić information content (AvgIpc) is 3.02. The standard InChI is InChI=1S/C37H52O6SSi/c1-30-22-24-32(25-23-30)44(39)28-35(38)36(42-29-41-27-26-40-6)21-15-7-10-16-31(2)43-45(37(3,4)5,33-17-11-8-12-18-33)34-19-13-9-14-20-34/h8-9,11-14,17-20,22-25,31,36H,7,10,15-16,21,26-29H2,1-6H3/t31-,36+,44?/m1/s1. The van der Waals surface area contributed by atoms with Crippen molar-refractivity contribution in [1.29, 1.82) is 0 Å². The van der Waals surface area contributed by atoms with Gasteiger partial charge in [0.25, 0.3) is 8.32 Å². The third-order valence-corrected chi connectivity index (χ3v) is 14.6. The second kappa shape index (κ2) is 18.6. The van der Waals surface area contributed by atoms with E-state index >= 15 is 0 Å². The molecule has 0 aliphatic rings. The number of carbonyl (C=O) groups excluding carboxylic acids is 1. The van der Waals surface area contributed by atoms with Crippen molar-refractivity contribution in [1.82, 2.24) is 0 Å². The molecule has 0 saturated heterocycles. The number of methoxy groups -OCH3 is 1. The summed E-state index contributed by atoms with van der Waals surface area (Å²) in [6.07, 6.45) is 3.61. The van der Waals surface area contributed by atoms with Gasteiger partial charge in [0, 0.05) is 18.1 Å². The first-order valence-electron chi connectivity index (χ1n) is 16.0. The molecule has 0 bridgehead atoms. The highest BCUT2D eigenvalue weighted by Gasteiger charge is 2.50. The number of ether oxygens (including phenoxy) is 3. The van der Waals surface area contributed by atoms with E-state index in [1.807, 2.05) is 31.2 Å². The van der Waals surface area contributed by atoms with E-state index in [1.165, 1.54) is 10.4 Å². The van der Waals surface area contributed by atoms with E-state index in [0.717, 1.165) is 31.2 Å². The fourth-order valence-electron chi connectivity index (χ4n) is 5.65. The molecular weight excluding hydrogens is 601 g/mol. The number of rotatable bonds is 20. The van der Waals surface area contributed by atoms with Gasteiger partial charge in [0.2, 0.25) is 0 Å². The molecule has 0 N–H and O–H groups in total. The number of Topliss-reactive ketones (excluding diaryl/α,β-unsaturated/α-hetero) is 1. The molecule has 3 aromatic carbocycles. The quantitative estimate of drug-likeness (QED) is 0.0779. The minimum absolute atomic E-state index is 0.000291. The Balaban J connectivity index is 1.60. The molecule has 45 heavy (non-hydrogen) atoms. The van der Waals surface area contributed by atoms with E-state index < -0.39 is 25.2 Å². The molecule has 0 spiro atoms. The Morgan fingerprint density at radius 1 is 0.822 bits per heavy atom. The van der Waals surface area contributed by atoms with Crippen LogP contribution in [0.3, 0.4) is 0 Å². The minimum atomic E-state index is -2.60. The Morgan fingerprint density at radius 3 is 1.96 bits per heavy atom. The molecule has 0 aliphatic carbocycles. The lowest BCUT2D eigenvalue weighted by atomic mass is 10.1. The molecule has 8 heteroatoms. The molecule has 0 radical (unpaired) electrons. The van der Waals surface area contributed by atoms with E-state index in [1.54, 1.807) is 7.11 Å². The van der Waals surface area contributed by atoms with Gasteiger partial charge in [-0.25, -0.2) is 0 Å². The predicted octanol–water partition coefficient (Wildman–Crippen LogP) is 6.59. The number of unbranched alkanes of at least 4 members (excludes halogenated alkanes) is 2. The Morgan fingerprint density at radius 2 is 1.40 bits per heavy atom. The summed E-state index contributed by atoms with van der Waals surface area (Å²) in [5.74, 6) is -0.234. The molecule has 246 valence electrons. The van der Waals surface area contributed by atoms with Crippen LogP contribution in [-0.4, -0.2) is 63.4 Å². The van der Waals surface area contributed by atoms with Crippen LogP contribution < -0.4 is 10.4 Å². The maximum absolute atomic E-state index is 13.2. The summed E-state index contributed by atoms with van der Waals surface area (Å²) in [5, 5.41) is 2.49. The van der Waals surface area contributed by atoms with Crippen LogP contribution in [0.5, 0.6) is 0 Å². The minimum Gasteiger partial charge on any atom is -0.405 e. The van der Waals surface area contributed by atoms with Gasteiger partial charge in [-0.3, -0.25) is 9.00 Å². The Labute approximate surface area is 274 Å². The molecule has 3 rings (SSSR count). The predicted molar refractivity (Wildman–Crippen MR) is 186 cm³/mol. The van der Waals surface area contributed by atoms with Crippen molar-refractivity contribution in [3.8, 4) is 0 Å². The van der Waals surface area contributed by atoms with Crippen LogP contribution in [-0.2, 0) is 34.2 Å². The van der Waals surface area contributed by atoms with Gasteiger partial charge >= 0.3 is 0 Å². The summed E-state index contributed by atoms with van der Waals surface area (Å²) in [6, 6.07) is 28.9. The van der Waals surface area contributed by atoms with Crippen LogP contribution in [0, 0.1) is 6.92 Å². The molecule has 0 amide bonds. The van der Waals surface area contributed by atoms with E-state index in [4.69, 9.17) is 18.6 Å². The summed E-state index contributed by atoms with van der Waals surface area (Å²) >= 11 is 0. The number of ketones is 1. The third kappa shape index (κ3) is 11.1. The molecule has 3 atom stereocenters. The summed E-state index contributed by atoms with van der Waals surface area (Å²) in [6.45, 7) is 11.9. The number of benzene rings is 3. The zero-order valence-corrected chi connectivity index (χ0v) is 29.8. The third-order valence-electron chi connectivity index (χ3n) is 8.07. The topological polar surface area (TPSA) is 71.1 Å². The maximum atomic E-state index is 13.2. The van der Waals surface area contributed by atoms with Crippen LogP contribution in [0.4, 0.5) is 0 Å². The van der Waals surface area contributed by atoms with Gasteiger partial charge in [0.05, 0.1) is 29.8 Å². The van der Waals surface area contributed by atoms with Crippen molar-refractivity contribution in [2.24, 2.45) is 0 Å². The smallest absolute Gasteiger partial charge is 0.261 e. The van der Waals surface area contributed by atoms with Crippen LogP contribution in [0.2, 0.25) is 5.04 Å². The molecular formula is C37H52O6SSi. The average molecular weight is 653 g/mol. The van der Waals surface area contributed by atoms with Crippen LogP contribution >= 0.6 is 0 Å². The molecule has 0 aromatic heterocycles. The first kappa shape index (κ1) is 37.0. The Bertz CT molecular complexity index is 1250. The first-order chi connectivity index (χ1) is 21.6. The Kier molecular flexibility index (Phi) is 15.3. The fourth-order valence-corrected chi connectivity index (χ4v) is 11.4. The summed E-state index contributed by atoms with van der Waals surface area (Å²) in [4.78, 5) is 13.8. The fraction of sp³-hybridized carbons (Fsp3) is 0.486. The normalized spacial score (nSPS) is 14.2. The number of hydrogen-bond donors (Lipinski definition) is 0. The van der Waals surface area contributed by atoms with Gasteiger partial charge in [0.15, 0.2) is 5.78 Å². The highest BCUT2D eigenvalue weighted by molar-refractivity contribution is 7.85. The highest BCUT2D eigenvalue weighted by atomic mass is 32.2. The summed E-state index contributed by atoms with van der Waals surface area (Å²) in [7, 11) is -2.41. The number of hydrogen-bond acceptors (Lipinski definition) is 6. The molecule has 0 fully saturated rings. The summed E-state index contributed by atoms with van der Waals surface area (Å²) < 4.78 is 36.5. The van der Waals surface area contributed by atoms with Crippen LogP contribution in [0.1, 0.15) is 65.4 Å². The van der Waals surface area contributed by atoms with Gasteiger partial charge in [-0.05, 0) is 54.2 Å². The monoisotopic (exact) mass is 652 g/mol. The zero-order valence-electron chi connectivity index (χ0n) is 28.0. The highest BCUT2D eigenvalue weighted by Crippen LogP contribution is 2.38. The van der Waals surface area contributed by atoms with Gasteiger partial charge in [-0.2, -0.15) is 0 Å². The van der Waals surface area contributed by atoms with Crippen molar-refractivity contribution < 1.29 is 27.6 Å². The van der Waals surface area contributed by atoms with Gasteiger partial charge in [-0.15, -0.1) is 0 Å². The molecule has 0 saturated carbocycles. The van der Waals surface area contributed by atoms with Crippen molar-refractivity contribution >= 4 is 35.3 Å². The summed E-state index contributed by atoms with van der Waals surface area (Å²) in [5.41, 5.74) is 1.09. The molecule has 1 unspecified atom stereocenters. The molecule has 0 heterocycles. The van der Waals surface area contributed by atoms with Crippen molar-refractivity contribution in [2.75, 3.05) is 32.9 Å². The SMILES string of the molecule is COCCOCO[C@@H](CCCCC[C@@H](C)O[Si](c1ccccc1)(c1ccccc1)C(C)(C)C)C(=O)CS(=O)c1ccc(C)cc1. The lowest BCUT2D eigenvalue weighted by Gasteiger charge is -2.44. The molecule has 3 aromatic rings. The van der Waals surface area contributed by atoms with Gasteiger partial charge in [-0.1, -0.05) is 118 Å². The van der Waals surface area contributed by atoms with Crippen molar-refractivity contribution in [3.63, 3.8) is 0 Å². The van der Waals surface area contributed by atoms with E-state index in [2.05, 4.69) is 88.4 Å². The van der Waals surface area contributed by atoms with Gasteiger partial charge < -0.3 is 18.6 Å². The molecule has 6 nitrogen and oxygen atoms in total. The largest absolute Gasteiger partial charge is 0.405 e. The van der Waals surface area contributed by atoms with E-state index in [0.29, 0.717) is 24.5 Å². The number of aryl methyl sites for hydroxylation is 1. The zero-order chi connectivity index (χ0) is 32.7. The first-order valence-corrected chi connectivity index (χ1v) is 19.3. The Hall–Kier alpha value is -2.46. The van der Waals surface area contributed by atoms with E-state index in [9.17, 15) is 9.00 Å². The van der Waals surface area contributed by atoms with Crippen molar-refractivity contribution in [3.05, 3.63) is 90.5 Å².